The standard InChI is InChI=1S/C85H98Cl2N10O25/c1-34(2)17-51(89-5)77(109)96-68-70(104)40-10-15-55(49(86)25-40)118-57-27-44-28-58(74(57)122-84-75(73(107)72(106)59(33-98)120-84)121-62-32-85(4,88)76(108)35(3)117-62)119-56-16-11-41(26-50(56)87)71(105)69-83(115)95-67(81(113)92-64-42-19-37-18-38(21-42)22-43(64)20-37)48-29-45(99)30-54(101)63(48)47-24-39(9-14-53(47)100)65(79(111)97-69)94-80(112)66(44)93-78(110)52(90-82(68)114)31-61(103)91-60(102)23-36-7-12-46(116-6)13-8-36/h7-16,24-30,34-35,37-38,42-43,51-52,59,62,64-73,75-76,84,89,98-101,104-108H,17-23,31-33,88H2,1-6H3,(H,90,114)(H,92,113)(H,93,110)(H,94,112)(H,95,115)(H,96,109)(H,97,111)(H,91,102,103)/t35-,37?,38?,42?,43?,51+,52-,59+,62-,64?,65+,66+,67-,68+,69-,70+,71+,72+,73-,75+,76+,84-,85-/m0/s1. The van der Waals surface area contributed by atoms with Crippen molar-refractivity contribution in [2.45, 2.75) is 201 Å². The maximum atomic E-state index is 16.6. The Bertz CT molecular complexity index is 5010. The Balaban J connectivity index is 0.965. The van der Waals surface area contributed by atoms with Crippen molar-refractivity contribution in [3.8, 4) is 62.9 Å². The van der Waals surface area contributed by atoms with Crippen LogP contribution in [0.1, 0.15) is 143 Å². The summed E-state index contributed by atoms with van der Waals surface area (Å²) >= 11 is 14.5. The number of aliphatic hydroxyl groups excluding tert-OH is 6. The molecule has 4 saturated carbocycles. The van der Waals surface area contributed by atoms with Gasteiger partial charge in [-0.25, -0.2) is 0 Å². The van der Waals surface area contributed by atoms with E-state index in [2.05, 4.69) is 47.9 Å². The Morgan fingerprint density at radius 2 is 1.27 bits per heavy atom. The second-order valence-corrected chi connectivity index (χ2v) is 34.2. The highest BCUT2D eigenvalue weighted by Gasteiger charge is 2.53. The van der Waals surface area contributed by atoms with E-state index in [9.17, 15) is 60.3 Å². The molecule has 4 aliphatic carbocycles. The van der Waals surface area contributed by atoms with Crippen molar-refractivity contribution in [1.29, 1.82) is 0 Å². The maximum Gasteiger partial charge on any atom is 0.248 e. The van der Waals surface area contributed by atoms with Gasteiger partial charge in [0.2, 0.25) is 65.2 Å². The van der Waals surface area contributed by atoms with Crippen LogP contribution in [0.5, 0.6) is 51.7 Å². The number of aromatic hydroxyl groups is 3. The van der Waals surface area contributed by atoms with Crippen LogP contribution in [0.3, 0.4) is 0 Å². The van der Waals surface area contributed by atoms with Crippen LogP contribution in [0, 0.1) is 29.6 Å². The van der Waals surface area contributed by atoms with Crippen molar-refractivity contribution in [2.24, 2.45) is 35.3 Å². The number of nitrogens with two attached hydrogens (primary N) is 1. The fourth-order valence-corrected chi connectivity index (χ4v) is 18.5. The topological polar surface area (TPSA) is 535 Å². The number of benzene rings is 6. The predicted molar refractivity (Wildman–Crippen MR) is 431 cm³/mol. The minimum Gasteiger partial charge on any atom is -0.508 e. The number of phenols is 3. The molecule has 9 amide bonds. The minimum absolute atomic E-state index is 0.0561. The zero-order chi connectivity index (χ0) is 87.4. The number of aliphatic hydroxyl groups is 6. The quantitative estimate of drug-likeness (QED) is 0.0622. The van der Waals surface area contributed by atoms with Crippen LogP contribution >= 0.6 is 23.2 Å². The Morgan fingerprint density at radius 3 is 1.88 bits per heavy atom. The normalized spacial score (nSPS) is 30.8. The number of carbonyl (C=O) groups excluding carboxylic acids is 9. The fraction of sp³-hybridized carbons (Fsp3) is 0.471. The van der Waals surface area contributed by atoms with Crippen LogP contribution in [0.25, 0.3) is 11.1 Å². The Labute approximate surface area is 709 Å². The average molecular weight is 1730 g/mol. The van der Waals surface area contributed by atoms with Crippen LogP contribution in [-0.4, -0.2) is 205 Å². The third kappa shape index (κ3) is 18.6. The molecule has 0 aromatic heterocycles. The largest absolute Gasteiger partial charge is 0.508 e. The highest BCUT2D eigenvalue weighted by atomic mass is 35.5. The molecular formula is C85H98Cl2N10O25. The third-order valence-electron chi connectivity index (χ3n) is 24.1. The summed E-state index contributed by atoms with van der Waals surface area (Å²) in [5, 5.41) is 130. The average Bonchev–Trinajstić information content (AvgIpc) is 0.759. The predicted octanol–water partition coefficient (Wildman–Crippen LogP) is 3.37. The molecule has 7 heterocycles. The minimum atomic E-state index is -2.41. The zero-order valence-corrected chi connectivity index (χ0v) is 68.6. The summed E-state index contributed by atoms with van der Waals surface area (Å²) in [4.78, 5) is 138. The van der Waals surface area contributed by atoms with E-state index < -0.39 is 233 Å². The van der Waals surface area contributed by atoms with Crippen molar-refractivity contribution in [2.75, 3.05) is 20.8 Å². The molecule has 37 heteroatoms. The molecule has 2 saturated heterocycles. The molecule has 0 unspecified atom stereocenters. The van der Waals surface area contributed by atoms with Gasteiger partial charge in [0.25, 0.3) is 0 Å². The van der Waals surface area contributed by atoms with E-state index in [0.29, 0.717) is 23.1 Å². The van der Waals surface area contributed by atoms with Gasteiger partial charge in [-0.05, 0) is 189 Å². The van der Waals surface area contributed by atoms with Gasteiger partial charge in [0.1, 0.15) is 101 Å². The molecule has 20 N–H and O–H groups in total. The molecule has 6 aromatic carbocycles. The first-order valence-corrected chi connectivity index (χ1v) is 41.0. The first-order chi connectivity index (χ1) is 58.0. The second kappa shape index (κ2) is 36.1. The van der Waals surface area contributed by atoms with Crippen molar-refractivity contribution >= 4 is 76.4 Å². The van der Waals surface area contributed by atoms with E-state index in [-0.39, 0.29) is 80.5 Å². The number of hydrogen-bond donors (Lipinski definition) is 19. The fourth-order valence-electron chi connectivity index (χ4n) is 18.1. The van der Waals surface area contributed by atoms with Gasteiger partial charge >= 0.3 is 0 Å². The first-order valence-electron chi connectivity index (χ1n) is 40.2. The summed E-state index contributed by atoms with van der Waals surface area (Å²) in [6.45, 7) is 5.68. The van der Waals surface area contributed by atoms with Gasteiger partial charge in [-0.2, -0.15) is 0 Å². The monoisotopic (exact) mass is 1730 g/mol. The third-order valence-corrected chi connectivity index (χ3v) is 24.7. The summed E-state index contributed by atoms with van der Waals surface area (Å²) in [7, 11) is 2.90. The molecule has 15 bridgehead atoms. The number of fused-ring (bicyclic) bond motifs is 15. The SMILES string of the molecule is CN[C@H](CC(C)C)C(=O)N[C@H]1C(=O)N[C@@H](CC(=O)NC(=O)Cc2ccc(OC)cc2)C(=O)N[C@H]2C(=O)N[C@H]3C(=O)N[C@H](C(=O)N[C@H](C(=O)NC4C5CC6CC(C5)CC4C6)c4cc(O)cc(O)c4-c4cc3ccc4O)[C@H](O)c3ccc(c(Cl)c3)Oc3cc2cc(c3O[C@@H]2O[C@H](CO)[C@@H](O)[C@H](O)[C@H]2O[C@H]2C[C@](C)(N)[C@H](O)[C@H](C)O2)Oc2ccc(cc2Cl)[C@H]1O. The molecular weight excluding hydrogens is 1630 g/mol. The molecule has 652 valence electrons. The van der Waals surface area contributed by atoms with Gasteiger partial charge in [0, 0.05) is 35.2 Å². The molecule has 11 aliphatic rings. The molecule has 6 fully saturated rings. The maximum absolute atomic E-state index is 16.6. The zero-order valence-electron chi connectivity index (χ0n) is 67.1. The number of nitrogens with one attached hydrogen (secondary N) is 9. The van der Waals surface area contributed by atoms with E-state index in [1.807, 2.05) is 13.8 Å². The Morgan fingerprint density at radius 1 is 0.656 bits per heavy atom. The molecule has 122 heavy (non-hydrogen) atoms. The summed E-state index contributed by atoms with van der Waals surface area (Å²) in [5.74, 6) is -14.1. The number of methoxy groups -OCH3 is 1. The summed E-state index contributed by atoms with van der Waals surface area (Å²) in [6.07, 6.45) is -14.9. The van der Waals surface area contributed by atoms with E-state index in [0.717, 1.165) is 86.7 Å². The number of imide groups is 1. The lowest BCUT2D eigenvalue weighted by atomic mass is 9.54. The number of carbonyl (C=O) groups is 9. The number of amides is 9. The number of hydrogen-bond acceptors (Lipinski definition) is 27. The van der Waals surface area contributed by atoms with Gasteiger partial charge in [-0.3, -0.25) is 48.5 Å². The smallest absolute Gasteiger partial charge is 0.248 e. The van der Waals surface area contributed by atoms with Crippen LogP contribution in [0.2, 0.25) is 10.0 Å². The molecule has 0 radical (unpaired) electrons. The molecule has 7 aliphatic heterocycles. The van der Waals surface area contributed by atoms with E-state index >= 15 is 28.8 Å². The van der Waals surface area contributed by atoms with Crippen LogP contribution in [-0.2, 0) is 63.8 Å². The van der Waals surface area contributed by atoms with Gasteiger partial charge in [-0.1, -0.05) is 67.4 Å². The first kappa shape index (κ1) is 87.8. The lowest BCUT2D eigenvalue weighted by molar-refractivity contribution is -0.333. The van der Waals surface area contributed by atoms with Crippen molar-refractivity contribution in [3.63, 3.8) is 0 Å². The molecule has 0 spiro atoms. The van der Waals surface area contributed by atoms with Gasteiger partial charge in [0.15, 0.2) is 23.9 Å². The van der Waals surface area contributed by atoms with E-state index in [1.165, 1.54) is 52.3 Å². The number of halogens is 2. The Hall–Kier alpha value is -10.5. The van der Waals surface area contributed by atoms with E-state index in [1.54, 1.807) is 24.3 Å². The van der Waals surface area contributed by atoms with Crippen LogP contribution in [0.15, 0.2) is 103 Å². The van der Waals surface area contributed by atoms with Gasteiger partial charge < -0.3 is 127 Å². The van der Waals surface area contributed by atoms with E-state index in [4.69, 9.17) is 62.1 Å². The molecule has 18 atom stereocenters. The van der Waals surface area contributed by atoms with Crippen molar-refractivity contribution in [1.82, 2.24) is 47.9 Å². The lowest BCUT2D eigenvalue weighted by Crippen LogP contribution is -2.64. The van der Waals surface area contributed by atoms with Crippen LogP contribution < -0.4 is 72.5 Å². The number of likely N-dealkylation sites (N-methyl/N-ethyl adjacent to an activating group) is 1. The summed E-state index contributed by atoms with van der Waals surface area (Å²) < 4.78 is 44.3. The summed E-state index contributed by atoms with van der Waals surface area (Å²) in [5.41, 5.74) is 3.31. The number of ether oxygens (including phenoxy) is 7. The number of rotatable bonds is 17. The van der Waals surface area contributed by atoms with Gasteiger partial charge in [-0.15, -0.1) is 0 Å². The Kier molecular flexibility index (Phi) is 26.0. The highest BCUT2D eigenvalue weighted by molar-refractivity contribution is 6.32. The number of phenolic OH excluding ortho intramolecular Hbond substituents is 3. The molecule has 35 nitrogen and oxygen atoms in total. The lowest BCUT2D eigenvalue weighted by Gasteiger charge is -2.54. The van der Waals surface area contributed by atoms with Crippen molar-refractivity contribution in [3.05, 3.63) is 147 Å². The van der Waals surface area contributed by atoms with Crippen LogP contribution in [0.4, 0.5) is 0 Å². The second-order valence-electron chi connectivity index (χ2n) is 33.4. The summed E-state index contributed by atoms with van der Waals surface area (Å²) in [6, 6.07) is 6.11. The molecule has 17 rings (SSSR count). The van der Waals surface area contributed by atoms with Gasteiger partial charge in [0.05, 0.1) is 54.9 Å². The highest BCUT2D eigenvalue weighted by Crippen LogP contribution is 2.55. The molecule has 6 aromatic rings. The van der Waals surface area contributed by atoms with Crippen molar-refractivity contribution < 1.29 is 122 Å².